The first-order chi connectivity index (χ1) is 14.4. The van der Waals surface area contributed by atoms with E-state index in [0.717, 1.165) is 16.9 Å². The van der Waals surface area contributed by atoms with E-state index in [1.807, 2.05) is 31.2 Å². The molecule has 0 unspecified atom stereocenters. The summed E-state index contributed by atoms with van der Waals surface area (Å²) >= 11 is 0. The molecule has 3 aromatic carbocycles. The highest BCUT2D eigenvalue weighted by molar-refractivity contribution is 7.92. The van der Waals surface area contributed by atoms with E-state index in [0.29, 0.717) is 24.2 Å². The zero-order valence-corrected chi connectivity index (χ0v) is 17.7. The van der Waals surface area contributed by atoms with Crippen molar-refractivity contribution in [2.45, 2.75) is 18.2 Å². The molecule has 3 aromatic rings. The Morgan fingerprint density at radius 2 is 1.53 bits per heavy atom. The fourth-order valence-electron chi connectivity index (χ4n) is 2.84. The van der Waals surface area contributed by atoms with Crippen molar-refractivity contribution in [3.05, 3.63) is 89.5 Å². The van der Waals surface area contributed by atoms with E-state index in [4.69, 9.17) is 4.74 Å². The van der Waals surface area contributed by atoms with Gasteiger partial charge < -0.3 is 10.1 Å². The Morgan fingerprint density at radius 1 is 0.900 bits per heavy atom. The Kier molecular flexibility index (Phi) is 6.74. The van der Waals surface area contributed by atoms with Gasteiger partial charge in [0.2, 0.25) is 0 Å². The summed E-state index contributed by atoms with van der Waals surface area (Å²) in [4.78, 5) is 12.5. The lowest BCUT2D eigenvalue weighted by Crippen LogP contribution is -2.25. The van der Waals surface area contributed by atoms with E-state index >= 15 is 0 Å². The van der Waals surface area contributed by atoms with Gasteiger partial charge in [-0.2, -0.15) is 0 Å². The number of rotatable bonds is 8. The lowest BCUT2D eigenvalue weighted by Gasteiger charge is -2.10. The van der Waals surface area contributed by atoms with Gasteiger partial charge in [0.1, 0.15) is 5.75 Å². The van der Waals surface area contributed by atoms with Gasteiger partial charge in [-0.15, -0.1) is 0 Å². The van der Waals surface area contributed by atoms with Crippen molar-refractivity contribution < 1.29 is 17.9 Å². The third-order valence-electron chi connectivity index (χ3n) is 4.59. The third kappa shape index (κ3) is 5.61. The summed E-state index contributed by atoms with van der Waals surface area (Å²) in [7, 11) is -2.05. The summed E-state index contributed by atoms with van der Waals surface area (Å²) in [6.07, 6.45) is 0.699. The van der Waals surface area contributed by atoms with Crippen LogP contribution in [0, 0.1) is 6.92 Å². The number of methoxy groups -OCH3 is 1. The molecule has 30 heavy (non-hydrogen) atoms. The molecule has 0 spiro atoms. The first kappa shape index (κ1) is 21.4. The smallest absolute Gasteiger partial charge is 0.261 e. The lowest BCUT2D eigenvalue weighted by molar-refractivity contribution is 0.0954. The molecule has 156 valence electrons. The maximum Gasteiger partial charge on any atom is 0.261 e. The molecule has 0 aromatic heterocycles. The Balaban J connectivity index is 1.55. The maximum absolute atomic E-state index is 12.4. The van der Waals surface area contributed by atoms with E-state index < -0.39 is 10.0 Å². The minimum atomic E-state index is -3.67. The van der Waals surface area contributed by atoms with E-state index in [1.165, 1.54) is 0 Å². The second kappa shape index (κ2) is 9.45. The van der Waals surface area contributed by atoms with Gasteiger partial charge in [0, 0.05) is 17.8 Å². The summed E-state index contributed by atoms with van der Waals surface area (Å²) < 4.78 is 32.6. The van der Waals surface area contributed by atoms with Gasteiger partial charge in [-0.25, -0.2) is 8.42 Å². The second-order valence-corrected chi connectivity index (χ2v) is 8.53. The van der Waals surface area contributed by atoms with Gasteiger partial charge in [0.25, 0.3) is 15.9 Å². The normalized spacial score (nSPS) is 11.0. The summed E-state index contributed by atoms with van der Waals surface area (Å²) in [5.41, 5.74) is 2.93. The second-order valence-electron chi connectivity index (χ2n) is 6.85. The first-order valence-corrected chi connectivity index (χ1v) is 11.0. The molecule has 0 fully saturated rings. The molecule has 3 rings (SSSR count). The summed E-state index contributed by atoms with van der Waals surface area (Å²) in [6, 6.07) is 20.6. The zero-order chi connectivity index (χ0) is 21.6. The van der Waals surface area contributed by atoms with Crippen LogP contribution >= 0.6 is 0 Å². The van der Waals surface area contributed by atoms with E-state index in [1.54, 1.807) is 55.6 Å². The van der Waals surface area contributed by atoms with Crippen LogP contribution in [0.3, 0.4) is 0 Å². The van der Waals surface area contributed by atoms with Gasteiger partial charge in [0.15, 0.2) is 0 Å². The molecule has 0 aliphatic heterocycles. The Bertz CT molecular complexity index is 1090. The number of hydrogen-bond donors (Lipinski definition) is 2. The van der Waals surface area contributed by atoms with Crippen molar-refractivity contribution in [3.63, 3.8) is 0 Å². The van der Waals surface area contributed by atoms with Gasteiger partial charge in [-0.3, -0.25) is 9.52 Å². The van der Waals surface area contributed by atoms with Crippen molar-refractivity contribution in [1.29, 1.82) is 0 Å². The fourth-order valence-corrected chi connectivity index (χ4v) is 3.89. The highest BCUT2D eigenvalue weighted by Crippen LogP contribution is 2.17. The number of hydrogen-bond acceptors (Lipinski definition) is 4. The van der Waals surface area contributed by atoms with Crippen LogP contribution in [0.15, 0.2) is 77.7 Å². The van der Waals surface area contributed by atoms with Gasteiger partial charge >= 0.3 is 0 Å². The van der Waals surface area contributed by atoms with Gasteiger partial charge in [0.05, 0.1) is 12.0 Å². The van der Waals surface area contributed by atoms with Crippen molar-refractivity contribution in [3.8, 4) is 5.75 Å². The predicted octanol–water partition coefficient (Wildman–Crippen LogP) is 3.78. The van der Waals surface area contributed by atoms with E-state index in [9.17, 15) is 13.2 Å². The molecule has 0 aliphatic carbocycles. The largest absolute Gasteiger partial charge is 0.497 e. The van der Waals surface area contributed by atoms with E-state index in [2.05, 4.69) is 10.0 Å². The van der Waals surface area contributed by atoms with Crippen LogP contribution in [0.2, 0.25) is 0 Å². The minimum absolute atomic E-state index is 0.188. The highest BCUT2D eigenvalue weighted by atomic mass is 32.2. The van der Waals surface area contributed by atoms with Crippen molar-refractivity contribution >= 4 is 21.6 Å². The maximum atomic E-state index is 12.4. The number of aryl methyl sites for hydroxylation is 1. The van der Waals surface area contributed by atoms with Crippen LogP contribution in [0.5, 0.6) is 5.75 Å². The van der Waals surface area contributed by atoms with Crippen LogP contribution in [0.25, 0.3) is 0 Å². The average molecular weight is 425 g/mol. The molecule has 2 N–H and O–H groups in total. The molecule has 0 heterocycles. The third-order valence-corrected chi connectivity index (χ3v) is 5.99. The molecule has 0 atom stereocenters. The Morgan fingerprint density at radius 3 is 2.13 bits per heavy atom. The monoisotopic (exact) mass is 424 g/mol. The quantitative estimate of drug-likeness (QED) is 0.576. The van der Waals surface area contributed by atoms with Crippen LogP contribution < -0.4 is 14.8 Å². The summed E-state index contributed by atoms with van der Waals surface area (Å²) in [6.45, 7) is 2.39. The molecule has 0 aliphatic rings. The first-order valence-electron chi connectivity index (χ1n) is 9.48. The molecular formula is C23H24N2O4S. The molecule has 0 saturated heterocycles. The molecule has 0 bridgehead atoms. The average Bonchev–Trinajstić information content (AvgIpc) is 2.74. The molecule has 6 nitrogen and oxygen atoms in total. The number of anilines is 1. The Labute approximate surface area is 177 Å². The van der Waals surface area contributed by atoms with E-state index in [-0.39, 0.29) is 10.8 Å². The van der Waals surface area contributed by atoms with Crippen LogP contribution in [-0.4, -0.2) is 28.0 Å². The zero-order valence-electron chi connectivity index (χ0n) is 16.9. The standard InChI is InChI=1S/C23H24N2O4S/c1-17-3-13-22(14-4-17)30(27,28)25-20-9-7-19(8-10-20)23(26)24-16-15-18-5-11-21(29-2)12-6-18/h3-14,25H,15-16H2,1-2H3,(H,24,26). The lowest BCUT2D eigenvalue weighted by atomic mass is 10.1. The number of sulfonamides is 1. The SMILES string of the molecule is COc1ccc(CCNC(=O)c2ccc(NS(=O)(=O)c3ccc(C)cc3)cc2)cc1. The molecule has 0 saturated carbocycles. The molecular weight excluding hydrogens is 400 g/mol. The minimum Gasteiger partial charge on any atom is -0.497 e. The number of carbonyl (C=O) groups is 1. The van der Waals surface area contributed by atoms with Crippen LogP contribution in [-0.2, 0) is 16.4 Å². The number of benzene rings is 3. The number of amides is 1. The van der Waals surface area contributed by atoms with Crippen molar-refractivity contribution in [1.82, 2.24) is 5.32 Å². The molecule has 0 radical (unpaired) electrons. The van der Waals surface area contributed by atoms with Crippen LogP contribution in [0.4, 0.5) is 5.69 Å². The van der Waals surface area contributed by atoms with Crippen LogP contribution in [0.1, 0.15) is 21.5 Å². The number of ether oxygens (including phenoxy) is 1. The fraction of sp³-hybridized carbons (Fsp3) is 0.174. The topological polar surface area (TPSA) is 84.5 Å². The number of carbonyl (C=O) groups excluding carboxylic acids is 1. The number of nitrogens with one attached hydrogen (secondary N) is 2. The van der Waals surface area contributed by atoms with Crippen molar-refractivity contribution in [2.75, 3.05) is 18.4 Å². The summed E-state index contributed by atoms with van der Waals surface area (Å²) in [5.74, 6) is 0.581. The predicted molar refractivity (Wildman–Crippen MR) is 117 cm³/mol. The molecule has 7 heteroatoms. The Hall–Kier alpha value is -3.32. The highest BCUT2D eigenvalue weighted by Gasteiger charge is 2.14. The summed E-state index contributed by atoms with van der Waals surface area (Å²) in [5, 5.41) is 2.87. The van der Waals surface area contributed by atoms with Gasteiger partial charge in [-0.1, -0.05) is 29.8 Å². The van der Waals surface area contributed by atoms with Gasteiger partial charge in [-0.05, 0) is 67.4 Å². The van der Waals surface area contributed by atoms with Crippen molar-refractivity contribution in [2.24, 2.45) is 0 Å². The molecule has 1 amide bonds.